The molecule has 142 valence electrons. The van der Waals surface area contributed by atoms with E-state index >= 15 is 0 Å². The number of hydrogen-bond donors (Lipinski definition) is 1. The van der Waals surface area contributed by atoms with Gasteiger partial charge >= 0.3 is 0 Å². The van der Waals surface area contributed by atoms with Crippen molar-refractivity contribution in [3.05, 3.63) is 59.1 Å². The van der Waals surface area contributed by atoms with E-state index in [9.17, 15) is 13.2 Å². The van der Waals surface area contributed by atoms with Crippen LogP contribution in [0.1, 0.15) is 24.9 Å². The number of para-hydroxylation sites is 2. The lowest BCUT2D eigenvalue weighted by atomic mass is 10.0. The average Bonchev–Trinajstić information content (AvgIpc) is 2.99. The lowest BCUT2D eigenvalue weighted by Crippen LogP contribution is -2.32. The van der Waals surface area contributed by atoms with Gasteiger partial charge in [0, 0.05) is 11.3 Å². The summed E-state index contributed by atoms with van der Waals surface area (Å²) in [5.41, 5.74) is 2.08. The monoisotopic (exact) mass is 405 g/mol. The molecule has 3 aromatic rings. The van der Waals surface area contributed by atoms with Crippen LogP contribution in [0.3, 0.4) is 0 Å². The molecule has 2 aromatic carbocycles. The van der Waals surface area contributed by atoms with E-state index in [0.29, 0.717) is 22.5 Å². The molecule has 8 heteroatoms. The van der Waals surface area contributed by atoms with Gasteiger partial charge in [-0.2, -0.15) is 0 Å². The second-order valence-corrected chi connectivity index (χ2v) is 8.67. The zero-order valence-electron chi connectivity index (χ0n) is 15.0. The molecule has 3 rings (SSSR count). The summed E-state index contributed by atoms with van der Waals surface area (Å²) in [5.74, 6) is -0.287. The van der Waals surface area contributed by atoms with Crippen molar-refractivity contribution >= 4 is 38.4 Å². The molecule has 1 N–H and O–H groups in total. The van der Waals surface area contributed by atoms with Crippen LogP contribution in [-0.2, 0) is 21.2 Å². The number of rotatable bonds is 6. The van der Waals surface area contributed by atoms with Gasteiger partial charge in [0.05, 0.1) is 17.1 Å². The summed E-state index contributed by atoms with van der Waals surface area (Å²) < 4.78 is 25.7. The van der Waals surface area contributed by atoms with Crippen molar-refractivity contribution < 1.29 is 13.2 Å². The normalized spacial score (nSPS) is 12.9. The molecule has 0 aliphatic carbocycles. The Bertz CT molecular complexity index is 1080. The standard InChI is InChI=1S/C19H20ClN3O3S/c1-3-15(13-8-10-14(20)11-9-13)21-18(24)12-23-17-7-5-4-6-16(17)22-19(23)27(2,25)26/h4-11,15H,3,12H2,1-2H3,(H,21,24)/t15-/m0/s1. The molecule has 0 aliphatic heterocycles. The van der Waals surface area contributed by atoms with Crippen LogP contribution in [0.25, 0.3) is 11.0 Å². The fraction of sp³-hybridized carbons (Fsp3) is 0.263. The number of carbonyl (C=O) groups excluding carboxylic acids is 1. The molecule has 0 fully saturated rings. The number of aromatic nitrogens is 2. The van der Waals surface area contributed by atoms with Gasteiger partial charge in [-0.05, 0) is 36.2 Å². The maximum Gasteiger partial charge on any atom is 0.240 e. The first-order valence-electron chi connectivity index (χ1n) is 8.49. The van der Waals surface area contributed by atoms with Crippen molar-refractivity contribution in [2.45, 2.75) is 31.1 Å². The highest BCUT2D eigenvalue weighted by atomic mass is 35.5. The fourth-order valence-electron chi connectivity index (χ4n) is 2.99. The van der Waals surface area contributed by atoms with Crippen molar-refractivity contribution in [2.75, 3.05) is 6.26 Å². The fourth-order valence-corrected chi connectivity index (χ4v) is 3.94. The molecule has 0 saturated carbocycles. The minimum Gasteiger partial charge on any atom is -0.348 e. The number of imidazole rings is 1. The summed E-state index contributed by atoms with van der Waals surface area (Å²) in [6.45, 7) is 1.83. The van der Waals surface area contributed by atoms with E-state index in [0.717, 1.165) is 11.8 Å². The molecule has 1 aromatic heterocycles. The van der Waals surface area contributed by atoms with Crippen LogP contribution in [-0.4, -0.2) is 30.1 Å². The van der Waals surface area contributed by atoms with E-state index in [-0.39, 0.29) is 23.7 Å². The molecule has 0 aliphatic rings. The van der Waals surface area contributed by atoms with E-state index < -0.39 is 9.84 Å². The molecule has 0 saturated heterocycles. The quantitative estimate of drug-likeness (QED) is 0.681. The Kier molecular flexibility index (Phi) is 5.53. The van der Waals surface area contributed by atoms with Crippen LogP contribution in [0, 0.1) is 0 Å². The van der Waals surface area contributed by atoms with Gasteiger partial charge in [-0.3, -0.25) is 4.79 Å². The lowest BCUT2D eigenvalue weighted by Gasteiger charge is -2.18. The van der Waals surface area contributed by atoms with Crippen molar-refractivity contribution in [3.8, 4) is 0 Å². The van der Waals surface area contributed by atoms with E-state index in [1.54, 1.807) is 36.4 Å². The maximum atomic E-state index is 12.7. The molecular weight excluding hydrogens is 386 g/mol. The summed E-state index contributed by atoms with van der Waals surface area (Å²) in [7, 11) is -3.57. The molecule has 1 amide bonds. The Balaban J connectivity index is 1.88. The Morgan fingerprint density at radius 1 is 1.19 bits per heavy atom. The first kappa shape index (κ1) is 19.4. The molecule has 6 nitrogen and oxygen atoms in total. The van der Waals surface area contributed by atoms with E-state index in [2.05, 4.69) is 10.3 Å². The number of amides is 1. The summed E-state index contributed by atoms with van der Waals surface area (Å²) in [5, 5.41) is 3.47. The Morgan fingerprint density at radius 2 is 1.85 bits per heavy atom. The summed E-state index contributed by atoms with van der Waals surface area (Å²) in [4.78, 5) is 16.8. The zero-order chi connectivity index (χ0) is 19.6. The number of halogens is 1. The van der Waals surface area contributed by atoms with E-state index in [1.165, 1.54) is 4.57 Å². The number of carbonyl (C=O) groups is 1. The summed E-state index contributed by atoms with van der Waals surface area (Å²) >= 11 is 5.92. The van der Waals surface area contributed by atoms with Crippen LogP contribution in [0.15, 0.2) is 53.7 Å². The van der Waals surface area contributed by atoms with Crippen molar-refractivity contribution in [1.29, 1.82) is 0 Å². The highest BCUT2D eigenvalue weighted by Crippen LogP contribution is 2.21. The number of nitrogens with one attached hydrogen (secondary N) is 1. The second kappa shape index (κ2) is 7.70. The summed E-state index contributed by atoms with van der Waals surface area (Å²) in [6.07, 6.45) is 1.78. The number of hydrogen-bond acceptors (Lipinski definition) is 4. The van der Waals surface area contributed by atoms with Crippen LogP contribution in [0.2, 0.25) is 5.02 Å². The molecule has 0 unspecified atom stereocenters. The predicted molar refractivity (Wildman–Crippen MR) is 105 cm³/mol. The SMILES string of the molecule is CC[C@H](NC(=O)Cn1c(S(C)(=O)=O)nc2ccccc21)c1ccc(Cl)cc1. The van der Waals surface area contributed by atoms with Crippen LogP contribution >= 0.6 is 11.6 Å². The Hall–Kier alpha value is -2.38. The maximum absolute atomic E-state index is 12.7. The van der Waals surface area contributed by atoms with Crippen molar-refractivity contribution in [2.24, 2.45) is 0 Å². The third-order valence-corrected chi connectivity index (χ3v) is 5.50. The van der Waals surface area contributed by atoms with Gasteiger partial charge < -0.3 is 9.88 Å². The molecule has 0 spiro atoms. The number of nitrogens with zero attached hydrogens (tertiary/aromatic N) is 2. The first-order valence-corrected chi connectivity index (χ1v) is 10.8. The van der Waals surface area contributed by atoms with Gasteiger partial charge in [0.25, 0.3) is 0 Å². The van der Waals surface area contributed by atoms with Crippen LogP contribution in [0.4, 0.5) is 0 Å². The average molecular weight is 406 g/mol. The van der Waals surface area contributed by atoms with Gasteiger partial charge in [-0.15, -0.1) is 0 Å². The predicted octanol–water partition coefficient (Wildman–Crippen LogP) is 3.36. The largest absolute Gasteiger partial charge is 0.348 e. The van der Waals surface area contributed by atoms with Gasteiger partial charge in [-0.25, -0.2) is 13.4 Å². The minimum absolute atomic E-state index is 0.113. The zero-order valence-corrected chi connectivity index (χ0v) is 16.6. The Morgan fingerprint density at radius 3 is 2.48 bits per heavy atom. The Labute approximate surface area is 163 Å². The molecule has 27 heavy (non-hydrogen) atoms. The first-order chi connectivity index (χ1) is 12.8. The van der Waals surface area contributed by atoms with Gasteiger partial charge in [0.2, 0.25) is 20.9 Å². The van der Waals surface area contributed by atoms with Crippen LogP contribution in [0.5, 0.6) is 0 Å². The molecule has 1 atom stereocenters. The topological polar surface area (TPSA) is 81.1 Å². The van der Waals surface area contributed by atoms with E-state index in [4.69, 9.17) is 11.6 Å². The second-order valence-electron chi connectivity index (χ2n) is 6.32. The number of sulfone groups is 1. The lowest BCUT2D eigenvalue weighted by molar-refractivity contribution is -0.122. The third-order valence-electron chi connectivity index (χ3n) is 4.27. The molecular formula is C19H20ClN3O3S. The molecule has 1 heterocycles. The van der Waals surface area contributed by atoms with Crippen molar-refractivity contribution in [1.82, 2.24) is 14.9 Å². The highest BCUT2D eigenvalue weighted by molar-refractivity contribution is 7.90. The van der Waals surface area contributed by atoms with Gasteiger partial charge in [0.15, 0.2) is 0 Å². The molecule has 0 radical (unpaired) electrons. The highest BCUT2D eigenvalue weighted by Gasteiger charge is 2.22. The minimum atomic E-state index is -3.57. The summed E-state index contributed by atoms with van der Waals surface area (Å²) in [6, 6.07) is 14.1. The number of benzene rings is 2. The smallest absolute Gasteiger partial charge is 0.240 e. The van der Waals surface area contributed by atoms with Crippen molar-refractivity contribution in [3.63, 3.8) is 0 Å². The van der Waals surface area contributed by atoms with Crippen LogP contribution < -0.4 is 5.32 Å². The van der Waals surface area contributed by atoms with Gasteiger partial charge in [0.1, 0.15) is 6.54 Å². The third kappa shape index (κ3) is 4.31. The molecule has 0 bridgehead atoms. The van der Waals surface area contributed by atoms with Gasteiger partial charge in [-0.1, -0.05) is 42.8 Å². The number of fused-ring (bicyclic) bond motifs is 1. The van der Waals surface area contributed by atoms with E-state index in [1.807, 2.05) is 19.1 Å².